The third-order valence-electron chi connectivity index (χ3n) is 3.41. The molecule has 0 aliphatic carbocycles. The van der Waals surface area contributed by atoms with E-state index in [4.69, 9.17) is 9.47 Å². The van der Waals surface area contributed by atoms with E-state index in [1.807, 2.05) is 11.4 Å². The molecule has 0 saturated carbocycles. The molecule has 0 atom stereocenters. The Labute approximate surface area is 146 Å². The van der Waals surface area contributed by atoms with Crippen LogP contribution in [0, 0.1) is 0 Å². The number of nitrogens with one attached hydrogen (secondary N) is 1. The number of esters is 2. The van der Waals surface area contributed by atoms with E-state index in [2.05, 4.69) is 12.2 Å². The summed E-state index contributed by atoms with van der Waals surface area (Å²) in [5.74, 6) is -2.09. The van der Waals surface area contributed by atoms with Gasteiger partial charge >= 0.3 is 11.9 Å². The normalized spacial score (nSPS) is 11.0. The minimum atomic E-state index is -1.86. The Bertz CT molecular complexity index is 563. The predicted octanol–water partition coefficient (Wildman–Crippen LogP) is 2.24. The topological polar surface area (TPSA) is 81.7 Å². The third kappa shape index (κ3) is 4.80. The van der Waals surface area contributed by atoms with Crippen molar-refractivity contribution in [1.82, 2.24) is 5.32 Å². The largest absolute Gasteiger partial charge is 0.464 e. The van der Waals surface area contributed by atoms with Crippen LogP contribution < -0.4 is 5.32 Å². The van der Waals surface area contributed by atoms with Crippen molar-refractivity contribution in [3.63, 3.8) is 0 Å². The van der Waals surface area contributed by atoms with Crippen molar-refractivity contribution in [1.29, 1.82) is 0 Å². The van der Waals surface area contributed by atoms with E-state index in [0.29, 0.717) is 0 Å². The zero-order valence-electron chi connectivity index (χ0n) is 14.6. The Morgan fingerprint density at radius 3 is 2.17 bits per heavy atom. The Kier molecular flexibility index (Phi) is 7.91. The Morgan fingerprint density at radius 2 is 1.71 bits per heavy atom. The number of carbonyl (C=O) groups is 3. The molecule has 0 aliphatic rings. The summed E-state index contributed by atoms with van der Waals surface area (Å²) in [5.41, 5.74) is -1.02. The van der Waals surface area contributed by atoms with Crippen LogP contribution in [0.1, 0.15) is 44.6 Å². The van der Waals surface area contributed by atoms with Gasteiger partial charge in [-0.15, -0.1) is 11.3 Å². The van der Waals surface area contributed by atoms with Gasteiger partial charge in [0.1, 0.15) is 0 Å². The highest BCUT2D eigenvalue weighted by atomic mass is 32.1. The molecule has 0 unspecified atom stereocenters. The van der Waals surface area contributed by atoms with Crippen LogP contribution in [-0.2, 0) is 36.7 Å². The lowest BCUT2D eigenvalue weighted by Gasteiger charge is -2.29. The van der Waals surface area contributed by atoms with Gasteiger partial charge in [0.25, 0.3) is 0 Å². The number of ether oxygens (including phenoxy) is 2. The van der Waals surface area contributed by atoms with Gasteiger partial charge in [0, 0.05) is 18.2 Å². The first-order valence-electron chi connectivity index (χ1n) is 8.09. The third-order valence-corrected chi connectivity index (χ3v) is 4.43. The Morgan fingerprint density at radius 1 is 1.12 bits per heavy atom. The standard InChI is InChI=1S/C17H25NO5S/c1-5-8-14-13(9-10-24-14)11-17(18-12(4)19,15(20)22-6-2)16(21)23-7-3/h9-10H,5-8,11H2,1-4H3,(H,18,19). The van der Waals surface area contributed by atoms with Crippen LogP contribution in [0.3, 0.4) is 0 Å². The predicted molar refractivity (Wildman–Crippen MR) is 91.8 cm³/mol. The fourth-order valence-electron chi connectivity index (χ4n) is 2.44. The summed E-state index contributed by atoms with van der Waals surface area (Å²) in [5, 5.41) is 4.40. The summed E-state index contributed by atoms with van der Waals surface area (Å²) >= 11 is 1.57. The highest BCUT2D eigenvalue weighted by molar-refractivity contribution is 7.10. The summed E-state index contributed by atoms with van der Waals surface area (Å²) in [6, 6.07) is 1.87. The number of hydrogen-bond acceptors (Lipinski definition) is 6. The van der Waals surface area contributed by atoms with Gasteiger partial charge in [-0.05, 0) is 37.3 Å². The molecular weight excluding hydrogens is 330 g/mol. The lowest BCUT2D eigenvalue weighted by Crippen LogP contribution is -2.62. The van der Waals surface area contributed by atoms with E-state index in [-0.39, 0.29) is 19.6 Å². The monoisotopic (exact) mass is 355 g/mol. The molecule has 0 radical (unpaired) electrons. The minimum Gasteiger partial charge on any atom is -0.464 e. The van der Waals surface area contributed by atoms with Crippen LogP contribution in [0.25, 0.3) is 0 Å². The van der Waals surface area contributed by atoms with Gasteiger partial charge in [0.05, 0.1) is 13.2 Å². The maximum atomic E-state index is 12.6. The Hall–Kier alpha value is -1.89. The lowest BCUT2D eigenvalue weighted by molar-refractivity contribution is -0.168. The van der Waals surface area contributed by atoms with Gasteiger partial charge in [0.2, 0.25) is 11.4 Å². The molecule has 24 heavy (non-hydrogen) atoms. The second kappa shape index (κ2) is 9.42. The van der Waals surface area contributed by atoms with Gasteiger partial charge in [-0.2, -0.15) is 0 Å². The molecule has 7 heteroatoms. The quantitative estimate of drug-likeness (QED) is 0.543. The maximum Gasteiger partial charge on any atom is 0.344 e. The van der Waals surface area contributed by atoms with Crippen LogP contribution in [0.4, 0.5) is 0 Å². The van der Waals surface area contributed by atoms with E-state index in [0.717, 1.165) is 23.3 Å². The lowest BCUT2D eigenvalue weighted by atomic mass is 9.90. The zero-order valence-corrected chi connectivity index (χ0v) is 15.5. The van der Waals surface area contributed by atoms with E-state index >= 15 is 0 Å². The average molecular weight is 355 g/mol. The molecule has 1 aromatic heterocycles. The summed E-state index contributed by atoms with van der Waals surface area (Å²) in [7, 11) is 0. The number of hydrogen-bond donors (Lipinski definition) is 1. The van der Waals surface area contributed by atoms with Crippen molar-refractivity contribution >= 4 is 29.2 Å². The highest BCUT2D eigenvalue weighted by Gasteiger charge is 2.50. The van der Waals surface area contributed by atoms with Crippen LogP contribution in [0.5, 0.6) is 0 Å². The van der Waals surface area contributed by atoms with Crippen molar-refractivity contribution in [2.24, 2.45) is 0 Å². The zero-order chi connectivity index (χ0) is 18.2. The van der Waals surface area contributed by atoms with Gasteiger partial charge in [-0.25, -0.2) is 9.59 Å². The molecule has 1 N–H and O–H groups in total. The molecule has 6 nitrogen and oxygen atoms in total. The number of rotatable bonds is 9. The Balaban J connectivity index is 3.31. The van der Waals surface area contributed by atoms with Crippen molar-refractivity contribution in [2.45, 2.75) is 52.5 Å². The average Bonchev–Trinajstić information content (AvgIpc) is 2.94. The molecule has 0 aliphatic heterocycles. The second-order valence-corrected chi connectivity index (χ2v) is 6.32. The molecule has 0 aromatic carbocycles. The maximum absolute atomic E-state index is 12.6. The van der Waals surface area contributed by atoms with E-state index in [1.54, 1.807) is 25.2 Å². The molecule has 1 rings (SSSR count). The minimum absolute atomic E-state index is 0.0169. The smallest absolute Gasteiger partial charge is 0.344 e. The van der Waals surface area contributed by atoms with Crippen LogP contribution in [-0.4, -0.2) is 36.6 Å². The molecule has 134 valence electrons. The van der Waals surface area contributed by atoms with Gasteiger partial charge < -0.3 is 14.8 Å². The van der Waals surface area contributed by atoms with Crippen molar-refractivity contribution in [3.05, 3.63) is 21.9 Å². The number of carbonyl (C=O) groups excluding carboxylic acids is 3. The fourth-order valence-corrected chi connectivity index (χ4v) is 3.45. The van der Waals surface area contributed by atoms with Crippen LogP contribution >= 0.6 is 11.3 Å². The van der Waals surface area contributed by atoms with Crippen molar-refractivity contribution < 1.29 is 23.9 Å². The van der Waals surface area contributed by atoms with E-state index < -0.39 is 23.4 Å². The van der Waals surface area contributed by atoms with Gasteiger partial charge in [-0.1, -0.05) is 13.3 Å². The molecule has 0 spiro atoms. The first-order chi connectivity index (χ1) is 11.4. The number of thiophene rings is 1. The summed E-state index contributed by atoms with van der Waals surface area (Å²) < 4.78 is 10.1. The molecule has 0 bridgehead atoms. The molecule has 1 aromatic rings. The fraction of sp³-hybridized carbons (Fsp3) is 0.588. The van der Waals surface area contributed by atoms with E-state index in [9.17, 15) is 14.4 Å². The number of aryl methyl sites for hydroxylation is 1. The van der Waals surface area contributed by atoms with Crippen molar-refractivity contribution in [3.8, 4) is 0 Å². The molecule has 0 fully saturated rings. The van der Waals surface area contributed by atoms with Gasteiger partial charge in [-0.3, -0.25) is 4.79 Å². The van der Waals surface area contributed by atoms with Crippen LogP contribution in [0.2, 0.25) is 0 Å². The first kappa shape index (κ1) is 20.2. The summed E-state index contributed by atoms with van der Waals surface area (Å²) in [6.07, 6.45) is 1.80. The summed E-state index contributed by atoms with van der Waals surface area (Å²) in [6.45, 7) is 6.81. The SMILES string of the molecule is CCCc1sccc1CC(NC(C)=O)(C(=O)OCC)C(=O)OCC. The van der Waals surface area contributed by atoms with Crippen LogP contribution in [0.15, 0.2) is 11.4 Å². The number of amides is 1. The van der Waals surface area contributed by atoms with Gasteiger partial charge in [0.15, 0.2) is 0 Å². The molecule has 1 amide bonds. The first-order valence-corrected chi connectivity index (χ1v) is 8.97. The summed E-state index contributed by atoms with van der Waals surface area (Å²) in [4.78, 5) is 37.9. The molecule has 0 saturated heterocycles. The highest BCUT2D eigenvalue weighted by Crippen LogP contribution is 2.25. The molecular formula is C17H25NO5S. The van der Waals surface area contributed by atoms with E-state index in [1.165, 1.54) is 6.92 Å². The second-order valence-electron chi connectivity index (χ2n) is 5.32. The van der Waals surface area contributed by atoms with Crippen molar-refractivity contribution in [2.75, 3.05) is 13.2 Å². The molecule has 1 heterocycles.